The third-order valence-electron chi connectivity index (χ3n) is 1.59. The summed E-state index contributed by atoms with van der Waals surface area (Å²) in [6.45, 7) is 0. The molecule has 0 fully saturated rings. The van der Waals surface area contributed by atoms with Gasteiger partial charge in [0.1, 0.15) is 11.6 Å². The number of hydrogen-bond acceptors (Lipinski definition) is 4. The van der Waals surface area contributed by atoms with Gasteiger partial charge in [-0.05, 0) is 12.1 Å². The predicted octanol–water partition coefficient (Wildman–Crippen LogP) is 1.48. The second-order valence-corrected chi connectivity index (χ2v) is 2.88. The van der Waals surface area contributed by atoms with E-state index in [1.54, 1.807) is 6.07 Å². The van der Waals surface area contributed by atoms with E-state index in [4.69, 9.17) is 11.6 Å². The number of ether oxygens (including phenoxy) is 1. The topological polar surface area (TPSA) is 56.3 Å². The quantitative estimate of drug-likeness (QED) is 0.330. The first-order valence-electron chi connectivity index (χ1n) is 3.85. The minimum absolute atomic E-state index is 0.0985. The molecular weight excluding hydrogens is 206 g/mol. The molecular formula is C9H8ClNO3. The number of halogens is 1. The van der Waals surface area contributed by atoms with Crippen molar-refractivity contribution in [3.05, 3.63) is 29.0 Å². The Kier molecular flexibility index (Phi) is 3.59. The number of carbonyl (C=O) groups excluding carboxylic acids is 2. The highest BCUT2D eigenvalue weighted by molar-refractivity contribution is 6.33. The van der Waals surface area contributed by atoms with E-state index in [0.29, 0.717) is 0 Å². The van der Waals surface area contributed by atoms with Crippen molar-refractivity contribution in [1.82, 2.24) is 4.98 Å². The predicted molar refractivity (Wildman–Crippen MR) is 50.2 cm³/mol. The molecule has 0 aliphatic carbocycles. The van der Waals surface area contributed by atoms with Crippen molar-refractivity contribution in [3.8, 4) is 0 Å². The molecule has 0 saturated carbocycles. The summed E-state index contributed by atoms with van der Waals surface area (Å²) in [6, 6.07) is 3.09. The highest BCUT2D eigenvalue weighted by atomic mass is 35.5. The molecule has 0 aromatic carbocycles. The Balaban J connectivity index is 2.80. The van der Waals surface area contributed by atoms with E-state index in [-0.39, 0.29) is 17.1 Å². The van der Waals surface area contributed by atoms with Gasteiger partial charge >= 0.3 is 5.97 Å². The Hall–Kier alpha value is -1.42. The fourth-order valence-corrected chi connectivity index (χ4v) is 1.12. The molecule has 1 rings (SSSR count). The Labute approximate surface area is 85.9 Å². The molecule has 1 aromatic heterocycles. The molecule has 0 amide bonds. The van der Waals surface area contributed by atoms with Crippen molar-refractivity contribution in [2.45, 2.75) is 6.42 Å². The summed E-state index contributed by atoms with van der Waals surface area (Å²) in [4.78, 5) is 25.9. The molecule has 0 N–H and O–H groups in total. The zero-order chi connectivity index (χ0) is 10.6. The number of pyridine rings is 1. The standard InChI is InChI=1S/C9H8ClNO3/c1-14-8(13)5-7(12)6-3-2-4-11-9(6)10/h2-4H,5H2,1H3. The van der Waals surface area contributed by atoms with E-state index in [0.717, 1.165) is 0 Å². The van der Waals surface area contributed by atoms with Gasteiger partial charge in [0.15, 0.2) is 5.78 Å². The molecule has 0 unspecified atom stereocenters. The van der Waals surface area contributed by atoms with Crippen LogP contribution in [0.2, 0.25) is 5.15 Å². The lowest BCUT2D eigenvalue weighted by Crippen LogP contribution is -2.10. The molecule has 0 aliphatic heterocycles. The van der Waals surface area contributed by atoms with Crippen molar-refractivity contribution in [3.63, 3.8) is 0 Å². The third kappa shape index (κ3) is 2.53. The lowest BCUT2D eigenvalue weighted by Gasteiger charge is -2.00. The molecule has 0 radical (unpaired) electrons. The van der Waals surface area contributed by atoms with Crippen molar-refractivity contribution < 1.29 is 14.3 Å². The summed E-state index contributed by atoms with van der Waals surface area (Å²) in [5.41, 5.74) is 0.236. The molecule has 0 spiro atoms. The average Bonchev–Trinajstić information content (AvgIpc) is 2.18. The van der Waals surface area contributed by atoms with Gasteiger partial charge in [-0.3, -0.25) is 9.59 Å². The SMILES string of the molecule is COC(=O)CC(=O)c1cccnc1Cl. The Morgan fingerprint density at radius 3 is 2.86 bits per heavy atom. The number of esters is 1. The van der Waals surface area contributed by atoms with Gasteiger partial charge in [0.25, 0.3) is 0 Å². The van der Waals surface area contributed by atoms with E-state index in [2.05, 4.69) is 9.72 Å². The van der Waals surface area contributed by atoms with E-state index < -0.39 is 11.8 Å². The van der Waals surface area contributed by atoms with Crippen molar-refractivity contribution >= 4 is 23.4 Å². The molecule has 1 aromatic rings. The van der Waals surface area contributed by atoms with Gasteiger partial charge in [0.05, 0.1) is 12.7 Å². The number of aromatic nitrogens is 1. The van der Waals surface area contributed by atoms with Crippen molar-refractivity contribution in [1.29, 1.82) is 0 Å². The summed E-state index contributed by atoms with van der Waals surface area (Å²) in [5.74, 6) is -0.982. The average molecular weight is 214 g/mol. The van der Waals surface area contributed by atoms with E-state index in [1.165, 1.54) is 19.4 Å². The van der Waals surface area contributed by atoms with Crippen LogP contribution in [0.3, 0.4) is 0 Å². The first kappa shape index (κ1) is 10.7. The lowest BCUT2D eigenvalue weighted by molar-refractivity contribution is -0.139. The minimum Gasteiger partial charge on any atom is -0.469 e. The van der Waals surface area contributed by atoms with Crippen molar-refractivity contribution in [2.75, 3.05) is 7.11 Å². The van der Waals surface area contributed by atoms with E-state index >= 15 is 0 Å². The van der Waals surface area contributed by atoms with Crippen LogP contribution in [0.5, 0.6) is 0 Å². The summed E-state index contributed by atoms with van der Waals surface area (Å²) in [5, 5.41) is 0.0985. The second-order valence-electron chi connectivity index (χ2n) is 2.52. The second kappa shape index (κ2) is 4.72. The van der Waals surface area contributed by atoms with Gasteiger partial charge in [-0.1, -0.05) is 11.6 Å². The number of nitrogens with zero attached hydrogens (tertiary/aromatic N) is 1. The van der Waals surface area contributed by atoms with Crippen molar-refractivity contribution in [2.24, 2.45) is 0 Å². The van der Waals surface area contributed by atoms with Crippen LogP contribution in [0.25, 0.3) is 0 Å². The number of ketones is 1. The summed E-state index contributed by atoms with van der Waals surface area (Å²) in [6.07, 6.45) is 1.15. The summed E-state index contributed by atoms with van der Waals surface area (Å²) < 4.78 is 4.36. The van der Waals surface area contributed by atoms with Crippen LogP contribution < -0.4 is 0 Å². The largest absolute Gasteiger partial charge is 0.469 e. The highest BCUT2D eigenvalue weighted by Crippen LogP contribution is 2.13. The molecule has 74 valence electrons. The molecule has 4 nitrogen and oxygen atoms in total. The minimum atomic E-state index is -0.588. The number of hydrogen-bond donors (Lipinski definition) is 0. The molecule has 0 bridgehead atoms. The maximum atomic E-state index is 11.4. The molecule has 0 aliphatic rings. The third-order valence-corrected chi connectivity index (χ3v) is 1.89. The molecule has 1 heterocycles. The zero-order valence-electron chi connectivity index (χ0n) is 7.49. The number of carbonyl (C=O) groups is 2. The van der Waals surface area contributed by atoms with Gasteiger partial charge < -0.3 is 4.74 Å². The Morgan fingerprint density at radius 2 is 2.29 bits per heavy atom. The number of rotatable bonds is 3. The molecule has 14 heavy (non-hydrogen) atoms. The fraction of sp³-hybridized carbons (Fsp3) is 0.222. The van der Waals surface area contributed by atoms with Gasteiger partial charge in [-0.2, -0.15) is 0 Å². The first-order valence-corrected chi connectivity index (χ1v) is 4.23. The van der Waals surface area contributed by atoms with Crippen LogP contribution in [0.1, 0.15) is 16.8 Å². The molecule has 5 heteroatoms. The Bertz CT molecular complexity index is 365. The van der Waals surface area contributed by atoms with E-state index in [1.807, 2.05) is 0 Å². The maximum Gasteiger partial charge on any atom is 0.313 e. The van der Waals surface area contributed by atoms with Crippen LogP contribution in [0, 0.1) is 0 Å². The number of methoxy groups -OCH3 is 1. The van der Waals surface area contributed by atoms with Gasteiger partial charge in [0, 0.05) is 6.20 Å². The van der Waals surface area contributed by atoms with E-state index in [9.17, 15) is 9.59 Å². The Morgan fingerprint density at radius 1 is 1.57 bits per heavy atom. The van der Waals surface area contributed by atoms with Crippen LogP contribution in [0.15, 0.2) is 18.3 Å². The van der Waals surface area contributed by atoms with Gasteiger partial charge in [-0.25, -0.2) is 4.98 Å². The van der Waals surface area contributed by atoms with Crippen LogP contribution >= 0.6 is 11.6 Å². The summed E-state index contributed by atoms with van der Waals surface area (Å²) in [7, 11) is 1.22. The van der Waals surface area contributed by atoms with Crippen LogP contribution in [0.4, 0.5) is 0 Å². The summed E-state index contributed by atoms with van der Waals surface area (Å²) >= 11 is 5.66. The maximum absolute atomic E-state index is 11.4. The lowest BCUT2D eigenvalue weighted by atomic mass is 10.1. The highest BCUT2D eigenvalue weighted by Gasteiger charge is 2.14. The molecule has 0 atom stereocenters. The normalized spacial score (nSPS) is 9.57. The molecule has 0 saturated heterocycles. The zero-order valence-corrected chi connectivity index (χ0v) is 8.25. The smallest absolute Gasteiger partial charge is 0.313 e. The first-order chi connectivity index (χ1) is 6.65. The number of Topliss-reactive ketones (excluding diaryl/α,β-unsaturated/α-hetero) is 1. The van der Waals surface area contributed by atoms with Gasteiger partial charge in [0.2, 0.25) is 0 Å². The fourth-order valence-electron chi connectivity index (χ4n) is 0.893. The van der Waals surface area contributed by atoms with Crippen LogP contribution in [-0.2, 0) is 9.53 Å². The monoisotopic (exact) mass is 213 g/mol. The van der Waals surface area contributed by atoms with Crippen LogP contribution in [-0.4, -0.2) is 23.8 Å². The van der Waals surface area contributed by atoms with Gasteiger partial charge in [-0.15, -0.1) is 0 Å².